The summed E-state index contributed by atoms with van der Waals surface area (Å²) in [6.45, 7) is 0.337. The van der Waals surface area contributed by atoms with Crippen molar-refractivity contribution in [1.82, 2.24) is 4.98 Å². The highest BCUT2D eigenvalue weighted by Gasteiger charge is 2.31. The zero-order valence-corrected chi connectivity index (χ0v) is 19.6. The molecule has 3 aromatic rings. The Hall–Kier alpha value is -3.08. The summed E-state index contributed by atoms with van der Waals surface area (Å²) in [5, 5.41) is 1.10. The van der Waals surface area contributed by atoms with Crippen LogP contribution in [-0.2, 0) is 16.1 Å². The maximum atomic E-state index is 12.8. The predicted octanol–water partition coefficient (Wildman–Crippen LogP) is 6.44. The molecule has 1 saturated carbocycles. The fraction of sp³-hybridized carbons (Fsp3) is 0.429. The molecule has 1 fully saturated rings. The Labute approximate surface area is 196 Å². The van der Waals surface area contributed by atoms with Gasteiger partial charge in [0.05, 0.1) is 31.3 Å². The Morgan fingerprint density at radius 3 is 2.45 bits per heavy atom. The second kappa shape index (κ2) is 11.2. The van der Waals surface area contributed by atoms with E-state index in [-0.39, 0.29) is 17.8 Å². The molecule has 1 aliphatic carbocycles. The maximum Gasteiger partial charge on any atom is 0.313 e. The van der Waals surface area contributed by atoms with Gasteiger partial charge >= 0.3 is 5.97 Å². The SMILES string of the molecule is COC(=O)C(c1ccc(OCc2ccc3ccccc3n2)c(OC)c1)C1CCCCCCC1. The number of hydrogen-bond acceptors (Lipinski definition) is 5. The fourth-order valence-corrected chi connectivity index (χ4v) is 4.89. The van der Waals surface area contributed by atoms with E-state index in [1.165, 1.54) is 26.4 Å². The van der Waals surface area contributed by atoms with Crippen molar-refractivity contribution in [3.63, 3.8) is 0 Å². The number of pyridine rings is 1. The van der Waals surface area contributed by atoms with E-state index in [9.17, 15) is 4.79 Å². The summed E-state index contributed by atoms with van der Waals surface area (Å²) in [6.07, 6.45) is 8.20. The third-order valence-electron chi connectivity index (χ3n) is 6.65. The number of para-hydroxylation sites is 1. The number of carbonyl (C=O) groups excluding carboxylic acids is 1. The van der Waals surface area contributed by atoms with Crippen molar-refractivity contribution in [2.75, 3.05) is 14.2 Å². The first-order valence-electron chi connectivity index (χ1n) is 11.9. The second-order valence-corrected chi connectivity index (χ2v) is 8.80. The summed E-state index contributed by atoms with van der Waals surface area (Å²) in [6, 6.07) is 17.9. The standard InChI is InChI=1S/C28H33NO4/c1-31-26-18-22(27(28(30)32-2)21-11-6-4-3-5-7-12-21)15-17-25(26)33-19-23-16-14-20-10-8-9-13-24(20)29-23/h8-10,13-18,21,27H,3-7,11-12,19H2,1-2H3. The zero-order valence-electron chi connectivity index (χ0n) is 19.6. The monoisotopic (exact) mass is 447 g/mol. The van der Waals surface area contributed by atoms with Crippen LogP contribution in [0.4, 0.5) is 0 Å². The third kappa shape index (κ3) is 5.65. The number of hydrogen-bond donors (Lipinski definition) is 0. The van der Waals surface area contributed by atoms with E-state index in [0.717, 1.165) is 47.8 Å². The van der Waals surface area contributed by atoms with E-state index in [2.05, 4.69) is 11.1 Å². The van der Waals surface area contributed by atoms with Crippen molar-refractivity contribution in [2.45, 2.75) is 57.5 Å². The normalized spacial score (nSPS) is 15.9. The molecule has 0 spiro atoms. The number of fused-ring (bicyclic) bond motifs is 1. The Bertz CT molecular complexity index is 1070. The first-order chi connectivity index (χ1) is 16.2. The number of rotatable bonds is 7. The minimum absolute atomic E-state index is 0.170. The molecule has 5 nitrogen and oxygen atoms in total. The van der Waals surface area contributed by atoms with E-state index in [4.69, 9.17) is 14.2 Å². The van der Waals surface area contributed by atoms with Crippen LogP contribution < -0.4 is 9.47 Å². The molecular weight excluding hydrogens is 414 g/mol. The van der Waals surface area contributed by atoms with Gasteiger partial charge in [-0.2, -0.15) is 0 Å². The lowest BCUT2D eigenvalue weighted by molar-refractivity contribution is -0.144. The molecule has 174 valence electrons. The lowest BCUT2D eigenvalue weighted by Gasteiger charge is -2.27. The van der Waals surface area contributed by atoms with Gasteiger partial charge in [0.25, 0.3) is 0 Å². The van der Waals surface area contributed by atoms with Crippen LogP contribution in [0.1, 0.15) is 62.1 Å². The molecule has 1 atom stereocenters. The summed E-state index contributed by atoms with van der Waals surface area (Å²) >= 11 is 0. The first kappa shape index (κ1) is 23.1. The van der Waals surface area contributed by atoms with Gasteiger partial charge in [0.1, 0.15) is 6.61 Å². The van der Waals surface area contributed by atoms with E-state index in [1.807, 2.05) is 48.5 Å². The van der Waals surface area contributed by atoms with Crippen LogP contribution in [0.25, 0.3) is 10.9 Å². The summed E-state index contributed by atoms with van der Waals surface area (Å²) in [5.41, 5.74) is 2.73. The molecule has 0 bridgehead atoms. The first-order valence-corrected chi connectivity index (χ1v) is 11.9. The van der Waals surface area contributed by atoms with Crippen LogP contribution >= 0.6 is 0 Å². The Morgan fingerprint density at radius 2 is 1.70 bits per heavy atom. The third-order valence-corrected chi connectivity index (χ3v) is 6.65. The van der Waals surface area contributed by atoms with Crippen LogP contribution in [0.5, 0.6) is 11.5 Å². The average Bonchev–Trinajstić information content (AvgIpc) is 2.84. The van der Waals surface area contributed by atoms with Crippen molar-refractivity contribution in [2.24, 2.45) is 5.92 Å². The lowest BCUT2D eigenvalue weighted by atomic mass is 9.78. The maximum absolute atomic E-state index is 12.8. The number of aromatic nitrogens is 1. The molecule has 0 amide bonds. The van der Waals surface area contributed by atoms with Crippen molar-refractivity contribution >= 4 is 16.9 Å². The lowest BCUT2D eigenvalue weighted by Crippen LogP contribution is -2.24. The van der Waals surface area contributed by atoms with Gasteiger partial charge in [-0.3, -0.25) is 4.79 Å². The molecule has 1 unspecified atom stereocenters. The topological polar surface area (TPSA) is 57.7 Å². The summed E-state index contributed by atoms with van der Waals surface area (Å²) in [7, 11) is 3.10. The quantitative estimate of drug-likeness (QED) is 0.390. The number of methoxy groups -OCH3 is 2. The molecule has 1 heterocycles. The van der Waals surface area contributed by atoms with Gasteiger partial charge < -0.3 is 14.2 Å². The number of benzene rings is 2. The van der Waals surface area contributed by atoms with E-state index >= 15 is 0 Å². The van der Waals surface area contributed by atoms with Gasteiger partial charge in [0.2, 0.25) is 0 Å². The van der Waals surface area contributed by atoms with Crippen LogP contribution in [0.2, 0.25) is 0 Å². The zero-order chi connectivity index (χ0) is 23.0. The van der Waals surface area contributed by atoms with Gasteiger partial charge in [-0.05, 0) is 48.6 Å². The van der Waals surface area contributed by atoms with Crippen molar-refractivity contribution in [3.8, 4) is 11.5 Å². The number of esters is 1. The number of nitrogens with zero attached hydrogens (tertiary/aromatic N) is 1. The molecular formula is C28H33NO4. The minimum atomic E-state index is -0.279. The van der Waals surface area contributed by atoms with Gasteiger partial charge in [-0.15, -0.1) is 0 Å². The van der Waals surface area contributed by atoms with Crippen molar-refractivity contribution in [3.05, 3.63) is 65.9 Å². The van der Waals surface area contributed by atoms with Gasteiger partial charge in [-0.1, -0.05) is 62.4 Å². The van der Waals surface area contributed by atoms with E-state index in [1.54, 1.807) is 7.11 Å². The average molecular weight is 448 g/mol. The minimum Gasteiger partial charge on any atom is -0.493 e. The van der Waals surface area contributed by atoms with Crippen LogP contribution in [0.3, 0.4) is 0 Å². The van der Waals surface area contributed by atoms with Crippen LogP contribution in [-0.4, -0.2) is 25.2 Å². The molecule has 0 aliphatic heterocycles. The Kier molecular flexibility index (Phi) is 7.82. The number of ether oxygens (including phenoxy) is 3. The Balaban J connectivity index is 1.53. The summed E-state index contributed by atoms with van der Waals surface area (Å²) < 4.78 is 16.9. The summed E-state index contributed by atoms with van der Waals surface area (Å²) in [4.78, 5) is 17.5. The summed E-state index contributed by atoms with van der Waals surface area (Å²) in [5.74, 6) is 1.09. The highest BCUT2D eigenvalue weighted by Crippen LogP contribution is 2.39. The molecule has 33 heavy (non-hydrogen) atoms. The smallest absolute Gasteiger partial charge is 0.313 e. The van der Waals surface area contributed by atoms with E-state index in [0.29, 0.717) is 18.1 Å². The van der Waals surface area contributed by atoms with Gasteiger partial charge in [-0.25, -0.2) is 4.98 Å². The molecule has 0 radical (unpaired) electrons. The fourth-order valence-electron chi connectivity index (χ4n) is 4.89. The molecule has 5 heteroatoms. The molecule has 0 saturated heterocycles. The highest BCUT2D eigenvalue weighted by molar-refractivity contribution is 5.79. The predicted molar refractivity (Wildman–Crippen MR) is 130 cm³/mol. The van der Waals surface area contributed by atoms with Crippen LogP contribution in [0, 0.1) is 5.92 Å². The van der Waals surface area contributed by atoms with Crippen molar-refractivity contribution in [1.29, 1.82) is 0 Å². The van der Waals surface area contributed by atoms with Gasteiger partial charge in [0, 0.05) is 5.39 Å². The second-order valence-electron chi connectivity index (χ2n) is 8.80. The highest BCUT2D eigenvalue weighted by atomic mass is 16.5. The molecule has 4 rings (SSSR count). The molecule has 2 aromatic carbocycles. The van der Waals surface area contributed by atoms with E-state index < -0.39 is 0 Å². The number of carbonyl (C=O) groups is 1. The van der Waals surface area contributed by atoms with Gasteiger partial charge in [0.15, 0.2) is 11.5 Å². The molecule has 0 N–H and O–H groups in total. The molecule has 1 aliphatic rings. The largest absolute Gasteiger partial charge is 0.493 e. The Morgan fingerprint density at radius 1 is 0.939 bits per heavy atom. The van der Waals surface area contributed by atoms with Crippen molar-refractivity contribution < 1.29 is 19.0 Å². The van der Waals surface area contributed by atoms with Crippen LogP contribution in [0.15, 0.2) is 54.6 Å². The molecule has 1 aromatic heterocycles.